The smallest absolute Gasteiger partial charge is 0.314 e. The zero-order valence-corrected chi connectivity index (χ0v) is 15.4. The first-order valence-corrected chi connectivity index (χ1v) is 9.23. The molecule has 2 N–H and O–H groups in total. The number of piperidine rings is 1. The predicted octanol–water partition coefficient (Wildman–Crippen LogP) is 2.06. The van der Waals surface area contributed by atoms with Gasteiger partial charge in [0.25, 0.3) is 0 Å². The highest BCUT2D eigenvalue weighted by molar-refractivity contribution is 5.80. The molecule has 1 saturated heterocycles. The molecule has 1 aromatic heterocycles. The number of nitrogens with zero attached hydrogens (tertiary/aromatic N) is 2. The average Bonchev–Trinajstić information content (AvgIpc) is 2.70. The summed E-state index contributed by atoms with van der Waals surface area (Å²) in [5.41, 5.74) is 0.0243. The van der Waals surface area contributed by atoms with E-state index < -0.39 is 23.3 Å². The molecule has 0 radical (unpaired) electrons. The van der Waals surface area contributed by atoms with Gasteiger partial charge in [-0.15, -0.1) is 0 Å². The Balaban J connectivity index is 1.73. The number of aliphatic hydroxyl groups is 1. The Labute approximate surface area is 162 Å². The fraction of sp³-hybridized carbons (Fsp3) is 0.381. The van der Waals surface area contributed by atoms with Crippen LogP contribution < -0.4 is 0 Å². The summed E-state index contributed by atoms with van der Waals surface area (Å²) in [5, 5.41) is 20.4. The molecule has 1 fully saturated rings. The first kappa shape index (κ1) is 19.9. The molecule has 2 aromatic rings. The number of amides is 1. The van der Waals surface area contributed by atoms with Crippen LogP contribution in [0.4, 0.5) is 4.39 Å². The third-order valence-electron chi connectivity index (χ3n) is 5.35. The van der Waals surface area contributed by atoms with Gasteiger partial charge in [0, 0.05) is 31.9 Å². The minimum Gasteiger partial charge on any atom is -0.481 e. The molecule has 148 valence electrons. The molecule has 7 heteroatoms. The van der Waals surface area contributed by atoms with Crippen molar-refractivity contribution in [2.75, 3.05) is 13.1 Å². The highest BCUT2D eigenvalue weighted by Crippen LogP contribution is 2.35. The Morgan fingerprint density at radius 3 is 2.61 bits per heavy atom. The molecule has 0 spiro atoms. The quantitative estimate of drug-likeness (QED) is 0.793. The van der Waals surface area contributed by atoms with Gasteiger partial charge in [-0.3, -0.25) is 14.6 Å². The summed E-state index contributed by atoms with van der Waals surface area (Å²) < 4.78 is 13.2. The number of rotatable bonds is 6. The lowest BCUT2D eigenvalue weighted by Crippen LogP contribution is -2.58. The third-order valence-corrected chi connectivity index (χ3v) is 5.35. The Kier molecular flexibility index (Phi) is 6.04. The second-order valence-electron chi connectivity index (χ2n) is 7.25. The molecule has 0 saturated carbocycles. The summed E-state index contributed by atoms with van der Waals surface area (Å²) in [7, 11) is 0. The van der Waals surface area contributed by atoms with Crippen LogP contribution in [-0.4, -0.2) is 51.2 Å². The summed E-state index contributed by atoms with van der Waals surface area (Å²) in [4.78, 5) is 30.3. The SMILES string of the molecule is O=C(CCc1cccnc1)N1CC[C@@H](O)[C@](Cc2ccc(F)cc2)(C(=O)O)C1. The van der Waals surface area contributed by atoms with Crippen molar-refractivity contribution in [3.05, 3.63) is 65.7 Å². The van der Waals surface area contributed by atoms with Crippen LogP contribution in [0.2, 0.25) is 0 Å². The highest BCUT2D eigenvalue weighted by atomic mass is 19.1. The molecule has 1 aliphatic rings. The average molecular weight is 386 g/mol. The Morgan fingerprint density at radius 1 is 1.21 bits per heavy atom. The number of pyridine rings is 1. The first-order chi connectivity index (χ1) is 13.4. The second kappa shape index (κ2) is 8.48. The van der Waals surface area contributed by atoms with Crippen LogP contribution in [0, 0.1) is 11.2 Å². The number of benzene rings is 1. The molecule has 0 bridgehead atoms. The van der Waals surface area contributed by atoms with Gasteiger partial charge in [-0.05, 0) is 48.6 Å². The van der Waals surface area contributed by atoms with Gasteiger partial charge in [-0.1, -0.05) is 18.2 Å². The summed E-state index contributed by atoms with van der Waals surface area (Å²) in [5.74, 6) is -1.72. The molecule has 2 heterocycles. The van der Waals surface area contributed by atoms with Crippen LogP contribution in [0.5, 0.6) is 0 Å². The number of aromatic nitrogens is 1. The fourth-order valence-electron chi connectivity index (χ4n) is 3.67. The van der Waals surface area contributed by atoms with E-state index in [4.69, 9.17) is 0 Å². The highest BCUT2D eigenvalue weighted by Gasteiger charge is 2.50. The maximum Gasteiger partial charge on any atom is 0.314 e. The molecule has 0 unspecified atom stereocenters. The van der Waals surface area contributed by atoms with Crippen LogP contribution in [-0.2, 0) is 22.4 Å². The van der Waals surface area contributed by atoms with Crippen molar-refractivity contribution in [1.29, 1.82) is 0 Å². The van der Waals surface area contributed by atoms with E-state index in [0.29, 0.717) is 18.5 Å². The summed E-state index contributed by atoms with van der Waals surface area (Å²) in [6.45, 7) is 0.234. The number of aliphatic carboxylic acids is 1. The van der Waals surface area contributed by atoms with Gasteiger partial charge < -0.3 is 15.1 Å². The van der Waals surface area contributed by atoms with E-state index in [1.54, 1.807) is 18.5 Å². The molecule has 28 heavy (non-hydrogen) atoms. The van der Waals surface area contributed by atoms with Gasteiger partial charge >= 0.3 is 5.97 Å². The van der Waals surface area contributed by atoms with Crippen molar-refractivity contribution in [2.45, 2.75) is 31.8 Å². The number of hydrogen-bond acceptors (Lipinski definition) is 4. The molecule has 3 rings (SSSR count). The monoisotopic (exact) mass is 386 g/mol. The fourth-order valence-corrected chi connectivity index (χ4v) is 3.67. The molecule has 6 nitrogen and oxygen atoms in total. The normalized spacial score (nSPS) is 22.1. The molecular weight excluding hydrogens is 363 g/mol. The van der Waals surface area contributed by atoms with E-state index in [1.807, 2.05) is 6.07 Å². The van der Waals surface area contributed by atoms with Crippen molar-refractivity contribution in [3.63, 3.8) is 0 Å². The van der Waals surface area contributed by atoms with Gasteiger partial charge in [-0.2, -0.15) is 0 Å². The van der Waals surface area contributed by atoms with Crippen molar-refractivity contribution in [3.8, 4) is 0 Å². The van der Waals surface area contributed by atoms with Gasteiger partial charge in [-0.25, -0.2) is 4.39 Å². The van der Waals surface area contributed by atoms with Crippen LogP contribution in [0.15, 0.2) is 48.8 Å². The second-order valence-corrected chi connectivity index (χ2v) is 7.25. The number of carbonyl (C=O) groups excluding carboxylic acids is 1. The van der Waals surface area contributed by atoms with Gasteiger partial charge in [0.2, 0.25) is 5.91 Å². The number of carbonyl (C=O) groups is 2. The standard InChI is InChI=1S/C21H23FN2O4/c22-17-6-3-15(4-7-17)12-21(20(27)28)14-24(11-9-18(21)25)19(26)8-5-16-2-1-10-23-13-16/h1-4,6-7,10,13,18,25H,5,8-9,11-12,14H2,(H,27,28)/t18-,21-/m1/s1. The van der Waals surface area contributed by atoms with Crippen LogP contribution in [0.1, 0.15) is 24.0 Å². The Hall–Kier alpha value is -2.80. The minimum atomic E-state index is -1.51. The molecule has 1 amide bonds. The van der Waals surface area contributed by atoms with E-state index in [-0.39, 0.29) is 31.7 Å². The number of carboxylic acid groups (broad SMARTS) is 1. The van der Waals surface area contributed by atoms with Crippen molar-refractivity contribution < 1.29 is 24.2 Å². The predicted molar refractivity (Wildman–Crippen MR) is 99.9 cm³/mol. The van der Waals surface area contributed by atoms with Crippen LogP contribution in [0.25, 0.3) is 0 Å². The maximum absolute atomic E-state index is 13.2. The summed E-state index contributed by atoms with van der Waals surface area (Å²) in [6, 6.07) is 9.23. The molecule has 0 aliphatic carbocycles. The molecule has 2 atom stereocenters. The van der Waals surface area contributed by atoms with Gasteiger partial charge in [0.05, 0.1) is 6.10 Å². The van der Waals surface area contributed by atoms with Crippen molar-refractivity contribution >= 4 is 11.9 Å². The van der Waals surface area contributed by atoms with Gasteiger partial charge in [0.1, 0.15) is 11.2 Å². The number of halogens is 1. The summed E-state index contributed by atoms with van der Waals surface area (Å²) >= 11 is 0. The van der Waals surface area contributed by atoms with Gasteiger partial charge in [0.15, 0.2) is 0 Å². The van der Waals surface area contributed by atoms with E-state index in [1.165, 1.54) is 29.2 Å². The van der Waals surface area contributed by atoms with E-state index in [2.05, 4.69) is 4.98 Å². The van der Waals surface area contributed by atoms with Crippen LogP contribution >= 0.6 is 0 Å². The number of hydrogen-bond donors (Lipinski definition) is 2. The van der Waals surface area contributed by atoms with E-state index >= 15 is 0 Å². The summed E-state index contributed by atoms with van der Waals surface area (Å²) in [6.07, 6.45) is 3.25. The van der Waals surface area contributed by atoms with E-state index in [0.717, 1.165) is 5.56 Å². The zero-order chi connectivity index (χ0) is 20.1. The lowest BCUT2D eigenvalue weighted by atomic mass is 9.72. The first-order valence-electron chi connectivity index (χ1n) is 9.23. The third kappa shape index (κ3) is 4.36. The van der Waals surface area contributed by atoms with E-state index in [9.17, 15) is 24.2 Å². The van der Waals surface area contributed by atoms with Crippen LogP contribution in [0.3, 0.4) is 0 Å². The number of carboxylic acids is 1. The zero-order valence-electron chi connectivity index (χ0n) is 15.4. The Bertz CT molecular complexity index is 828. The molecule has 1 aliphatic heterocycles. The number of aryl methyl sites for hydroxylation is 1. The lowest BCUT2D eigenvalue weighted by Gasteiger charge is -2.43. The minimum absolute atomic E-state index is 0.0240. The Morgan fingerprint density at radius 2 is 1.96 bits per heavy atom. The van der Waals surface area contributed by atoms with Crippen molar-refractivity contribution in [2.24, 2.45) is 5.41 Å². The van der Waals surface area contributed by atoms with Crippen molar-refractivity contribution in [1.82, 2.24) is 9.88 Å². The molecule has 1 aromatic carbocycles. The maximum atomic E-state index is 13.2. The number of likely N-dealkylation sites (tertiary alicyclic amines) is 1. The lowest BCUT2D eigenvalue weighted by molar-refractivity contribution is -0.165. The largest absolute Gasteiger partial charge is 0.481 e. The molecular formula is C21H23FN2O4. The topological polar surface area (TPSA) is 90.7 Å². The number of aliphatic hydroxyl groups excluding tert-OH is 1.